The fraction of sp³-hybridized carbons (Fsp3) is 0.333. The van der Waals surface area contributed by atoms with E-state index in [-0.39, 0.29) is 6.54 Å². The Morgan fingerprint density at radius 3 is 2.89 bits per heavy atom. The van der Waals surface area contributed by atoms with Gasteiger partial charge in [-0.15, -0.1) is 0 Å². The van der Waals surface area contributed by atoms with Gasteiger partial charge in [0, 0.05) is 36.1 Å². The average molecular weight is 269 g/mol. The quantitative estimate of drug-likeness (QED) is 0.904. The number of nitrogens with one attached hydrogen (secondary N) is 1. The number of halogens is 2. The highest BCUT2D eigenvalue weighted by molar-refractivity contribution is 7.09. The Hall–Kier alpha value is -1.56. The molecule has 18 heavy (non-hydrogen) atoms. The van der Waals surface area contributed by atoms with Crippen LogP contribution in [0.2, 0.25) is 0 Å². The number of hydrogen-bond donors (Lipinski definition) is 1. The van der Waals surface area contributed by atoms with Gasteiger partial charge in [0.1, 0.15) is 17.5 Å². The monoisotopic (exact) mass is 269 g/mol. The van der Waals surface area contributed by atoms with Crippen molar-refractivity contribution in [2.75, 3.05) is 5.32 Å². The average Bonchev–Trinajstić information content (AvgIpc) is 2.76. The number of hydrogen-bond acceptors (Lipinski definition) is 4. The highest BCUT2D eigenvalue weighted by Gasteiger charge is 2.06. The summed E-state index contributed by atoms with van der Waals surface area (Å²) in [6, 6.07) is 3.54. The lowest BCUT2D eigenvalue weighted by Crippen LogP contribution is -2.02. The molecule has 0 radical (unpaired) electrons. The maximum Gasteiger partial charge on any atom is 0.202 e. The Bertz CT molecular complexity index is 528. The van der Waals surface area contributed by atoms with Crippen LogP contribution < -0.4 is 5.32 Å². The van der Waals surface area contributed by atoms with Crippen molar-refractivity contribution < 1.29 is 8.78 Å². The van der Waals surface area contributed by atoms with Crippen molar-refractivity contribution in [1.82, 2.24) is 9.36 Å². The first kappa shape index (κ1) is 12.9. The molecule has 0 aliphatic carbocycles. The van der Waals surface area contributed by atoms with Crippen LogP contribution in [-0.2, 0) is 13.0 Å². The van der Waals surface area contributed by atoms with Gasteiger partial charge in [-0.25, -0.2) is 13.8 Å². The Labute approximate surface area is 108 Å². The Kier molecular flexibility index (Phi) is 4.19. The SMILES string of the molecule is CCCc1nsc(NCc2ccc(F)cc2F)n1. The zero-order valence-electron chi connectivity index (χ0n) is 9.91. The molecular weight excluding hydrogens is 256 g/mol. The first-order valence-corrected chi connectivity index (χ1v) is 6.46. The zero-order chi connectivity index (χ0) is 13.0. The maximum absolute atomic E-state index is 13.4. The van der Waals surface area contributed by atoms with Crippen molar-refractivity contribution in [3.63, 3.8) is 0 Å². The van der Waals surface area contributed by atoms with Gasteiger partial charge in [0.15, 0.2) is 0 Å². The van der Waals surface area contributed by atoms with Gasteiger partial charge in [0.05, 0.1) is 0 Å². The molecule has 1 aromatic heterocycles. The molecule has 96 valence electrons. The van der Waals surface area contributed by atoms with E-state index in [9.17, 15) is 8.78 Å². The number of nitrogens with zero attached hydrogens (tertiary/aromatic N) is 2. The van der Waals surface area contributed by atoms with Crippen LogP contribution in [0.25, 0.3) is 0 Å². The van der Waals surface area contributed by atoms with Crippen LogP contribution in [0, 0.1) is 11.6 Å². The van der Waals surface area contributed by atoms with Crippen LogP contribution >= 0.6 is 11.5 Å². The second-order valence-electron chi connectivity index (χ2n) is 3.86. The molecule has 0 saturated carbocycles. The van der Waals surface area contributed by atoms with Crippen LogP contribution in [0.4, 0.5) is 13.9 Å². The van der Waals surface area contributed by atoms with Crippen molar-refractivity contribution in [2.45, 2.75) is 26.3 Å². The van der Waals surface area contributed by atoms with Crippen molar-refractivity contribution in [1.29, 1.82) is 0 Å². The lowest BCUT2D eigenvalue weighted by molar-refractivity contribution is 0.574. The Morgan fingerprint density at radius 2 is 2.17 bits per heavy atom. The minimum Gasteiger partial charge on any atom is -0.356 e. The molecular formula is C12H13F2N3S. The van der Waals surface area contributed by atoms with Crippen molar-refractivity contribution >= 4 is 16.7 Å². The molecule has 0 spiro atoms. The summed E-state index contributed by atoms with van der Waals surface area (Å²) >= 11 is 1.25. The van der Waals surface area contributed by atoms with E-state index in [1.807, 2.05) is 0 Å². The van der Waals surface area contributed by atoms with E-state index < -0.39 is 11.6 Å². The molecule has 0 aliphatic heterocycles. The molecule has 0 unspecified atom stereocenters. The summed E-state index contributed by atoms with van der Waals surface area (Å²) in [5.41, 5.74) is 0.406. The standard InChI is InChI=1S/C12H13F2N3S/c1-2-3-11-16-12(18-17-11)15-7-8-4-5-9(13)6-10(8)14/h4-6H,2-3,7H2,1H3,(H,15,16,17). The summed E-state index contributed by atoms with van der Waals surface area (Å²) in [7, 11) is 0. The first-order valence-electron chi connectivity index (χ1n) is 5.69. The molecule has 2 aromatic rings. The molecule has 3 nitrogen and oxygen atoms in total. The Balaban J connectivity index is 1.97. The van der Waals surface area contributed by atoms with Gasteiger partial charge in [0.25, 0.3) is 0 Å². The van der Waals surface area contributed by atoms with E-state index in [0.717, 1.165) is 24.7 Å². The van der Waals surface area contributed by atoms with E-state index in [1.54, 1.807) is 0 Å². The predicted molar refractivity (Wildman–Crippen MR) is 67.6 cm³/mol. The van der Waals surface area contributed by atoms with Gasteiger partial charge in [-0.3, -0.25) is 0 Å². The minimum atomic E-state index is -0.572. The van der Waals surface area contributed by atoms with Crippen molar-refractivity contribution in [2.24, 2.45) is 0 Å². The van der Waals surface area contributed by atoms with E-state index in [4.69, 9.17) is 0 Å². The number of rotatable bonds is 5. The van der Waals surface area contributed by atoms with Crippen molar-refractivity contribution in [3.05, 3.63) is 41.2 Å². The van der Waals surface area contributed by atoms with Crippen LogP contribution in [0.3, 0.4) is 0 Å². The van der Waals surface area contributed by atoms with Crippen LogP contribution in [0.5, 0.6) is 0 Å². The molecule has 2 rings (SSSR count). The third-order valence-electron chi connectivity index (χ3n) is 2.39. The molecule has 0 saturated heterocycles. The second kappa shape index (κ2) is 5.86. The smallest absolute Gasteiger partial charge is 0.202 e. The molecule has 1 aromatic carbocycles. The lowest BCUT2D eigenvalue weighted by Gasteiger charge is -2.03. The van der Waals surface area contributed by atoms with Crippen LogP contribution in [0.15, 0.2) is 18.2 Å². The minimum absolute atomic E-state index is 0.271. The summed E-state index contributed by atoms with van der Waals surface area (Å²) < 4.78 is 30.3. The normalized spacial score (nSPS) is 10.6. The number of aromatic nitrogens is 2. The third-order valence-corrected chi connectivity index (χ3v) is 3.10. The molecule has 1 N–H and O–H groups in total. The fourth-order valence-electron chi connectivity index (χ4n) is 1.49. The molecule has 0 aliphatic rings. The summed E-state index contributed by atoms with van der Waals surface area (Å²) in [4.78, 5) is 4.26. The van der Waals surface area contributed by atoms with Gasteiger partial charge >= 0.3 is 0 Å². The van der Waals surface area contributed by atoms with Crippen molar-refractivity contribution in [3.8, 4) is 0 Å². The fourth-order valence-corrected chi connectivity index (χ4v) is 2.09. The van der Waals surface area contributed by atoms with E-state index >= 15 is 0 Å². The molecule has 0 amide bonds. The van der Waals surface area contributed by atoms with Gasteiger partial charge in [-0.05, 0) is 12.5 Å². The Morgan fingerprint density at radius 1 is 1.33 bits per heavy atom. The highest BCUT2D eigenvalue weighted by Crippen LogP contribution is 2.15. The molecule has 1 heterocycles. The van der Waals surface area contributed by atoms with E-state index in [2.05, 4.69) is 21.6 Å². The van der Waals surface area contributed by atoms with Gasteiger partial charge in [0.2, 0.25) is 5.13 Å². The topological polar surface area (TPSA) is 37.8 Å². The highest BCUT2D eigenvalue weighted by atomic mass is 32.1. The van der Waals surface area contributed by atoms with E-state index in [0.29, 0.717) is 10.7 Å². The van der Waals surface area contributed by atoms with Gasteiger partial charge < -0.3 is 5.32 Å². The lowest BCUT2D eigenvalue weighted by atomic mass is 10.2. The maximum atomic E-state index is 13.4. The summed E-state index contributed by atoms with van der Waals surface area (Å²) in [6.07, 6.45) is 1.83. The number of anilines is 1. The molecule has 0 fully saturated rings. The zero-order valence-corrected chi connectivity index (χ0v) is 10.7. The van der Waals surface area contributed by atoms with Crippen LogP contribution in [0.1, 0.15) is 24.7 Å². The summed E-state index contributed by atoms with van der Waals surface area (Å²) in [5, 5.41) is 3.64. The number of aryl methyl sites for hydroxylation is 1. The predicted octanol–water partition coefficient (Wildman–Crippen LogP) is 3.38. The second-order valence-corrected chi connectivity index (χ2v) is 4.61. The summed E-state index contributed by atoms with van der Waals surface area (Å²) in [5.74, 6) is -0.331. The van der Waals surface area contributed by atoms with Crippen LogP contribution in [-0.4, -0.2) is 9.36 Å². The van der Waals surface area contributed by atoms with Gasteiger partial charge in [-0.2, -0.15) is 4.37 Å². The number of benzene rings is 1. The first-order chi connectivity index (χ1) is 8.69. The summed E-state index contributed by atoms with van der Waals surface area (Å²) in [6.45, 7) is 2.33. The third kappa shape index (κ3) is 3.22. The largest absolute Gasteiger partial charge is 0.356 e. The van der Waals surface area contributed by atoms with E-state index in [1.165, 1.54) is 23.7 Å². The molecule has 6 heteroatoms. The molecule has 0 atom stereocenters. The van der Waals surface area contributed by atoms with Gasteiger partial charge in [-0.1, -0.05) is 13.0 Å². The molecule has 0 bridgehead atoms.